The van der Waals surface area contributed by atoms with Crippen molar-refractivity contribution in [1.82, 2.24) is 9.97 Å². The lowest BCUT2D eigenvalue weighted by atomic mass is 9.96. The number of nitrogens with one attached hydrogen (secondary N) is 1. The Labute approximate surface area is 177 Å². The Morgan fingerprint density at radius 1 is 1.03 bits per heavy atom. The molecule has 3 aliphatic rings. The van der Waals surface area contributed by atoms with Gasteiger partial charge in [0.15, 0.2) is 5.82 Å². The standard InChI is InChI=1S/C21H23F3N6O/c22-21(23,24)14-6-10-28(11-7-14)18-5-4-16-19(27-18)30(15-8-12-29(16)13-15)20(31)26-17-3-1-2-9-25-17/h1-5,9,14-15H,6-8,10-13H2,(H,25,26,31). The van der Waals surface area contributed by atoms with E-state index >= 15 is 0 Å². The SMILES string of the molecule is O=C(Nc1ccccn1)N1c2nc(N3CCC(C(F)(F)F)CC3)ccc2N2CCC1C2. The first-order valence-electron chi connectivity index (χ1n) is 10.5. The van der Waals surface area contributed by atoms with E-state index in [-0.39, 0.29) is 24.9 Å². The number of hydrogen-bond acceptors (Lipinski definition) is 5. The molecule has 0 aliphatic carbocycles. The van der Waals surface area contributed by atoms with Crippen molar-refractivity contribution < 1.29 is 18.0 Å². The van der Waals surface area contributed by atoms with Crippen LogP contribution in [0, 0.1) is 5.92 Å². The molecule has 7 nitrogen and oxygen atoms in total. The number of carbonyl (C=O) groups excluding carboxylic acids is 1. The van der Waals surface area contributed by atoms with E-state index in [4.69, 9.17) is 4.98 Å². The topological polar surface area (TPSA) is 64.6 Å². The van der Waals surface area contributed by atoms with Gasteiger partial charge in [-0.25, -0.2) is 14.8 Å². The molecule has 2 aromatic heterocycles. The van der Waals surface area contributed by atoms with Crippen LogP contribution in [0.15, 0.2) is 36.5 Å². The number of rotatable bonds is 2. The highest BCUT2D eigenvalue weighted by Gasteiger charge is 2.43. The second kappa shape index (κ2) is 7.58. The highest BCUT2D eigenvalue weighted by molar-refractivity contribution is 6.04. The number of alkyl halides is 3. The van der Waals surface area contributed by atoms with Crippen molar-refractivity contribution in [3.63, 3.8) is 0 Å². The van der Waals surface area contributed by atoms with Gasteiger partial charge in [0.25, 0.3) is 0 Å². The lowest BCUT2D eigenvalue weighted by molar-refractivity contribution is -0.179. The van der Waals surface area contributed by atoms with E-state index in [2.05, 4.69) is 15.2 Å². The van der Waals surface area contributed by atoms with Gasteiger partial charge < -0.3 is 9.80 Å². The Kier molecular flexibility index (Phi) is 4.86. The van der Waals surface area contributed by atoms with Gasteiger partial charge in [-0.15, -0.1) is 0 Å². The van der Waals surface area contributed by atoms with Crippen LogP contribution < -0.4 is 20.0 Å². The average molecular weight is 432 g/mol. The van der Waals surface area contributed by atoms with Crippen LogP contribution >= 0.6 is 0 Å². The molecule has 2 saturated heterocycles. The Bertz CT molecular complexity index is 961. The number of halogens is 3. The van der Waals surface area contributed by atoms with Gasteiger partial charge in [0.2, 0.25) is 0 Å². The van der Waals surface area contributed by atoms with Crippen LogP contribution in [-0.2, 0) is 0 Å². The van der Waals surface area contributed by atoms with Crippen LogP contribution in [-0.4, -0.2) is 54.4 Å². The van der Waals surface area contributed by atoms with Crippen molar-refractivity contribution >= 4 is 29.2 Å². The maximum atomic E-state index is 13.1. The van der Waals surface area contributed by atoms with Crippen LogP contribution in [0.3, 0.4) is 0 Å². The third-order valence-corrected chi connectivity index (χ3v) is 6.34. The summed E-state index contributed by atoms with van der Waals surface area (Å²) in [6.07, 6.45) is -1.60. The Morgan fingerprint density at radius 2 is 1.81 bits per heavy atom. The quantitative estimate of drug-likeness (QED) is 0.780. The van der Waals surface area contributed by atoms with Gasteiger partial charge in [-0.05, 0) is 43.5 Å². The molecule has 3 aliphatic heterocycles. The summed E-state index contributed by atoms with van der Waals surface area (Å²) in [6.45, 7) is 2.16. The number of fused-ring (bicyclic) bond motifs is 4. The van der Waals surface area contributed by atoms with E-state index in [0.717, 1.165) is 25.2 Å². The van der Waals surface area contributed by atoms with Crippen molar-refractivity contribution in [2.24, 2.45) is 5.92 Å². The summed E-state index contributed by atoms with van der Waals surface area (Å²) in [5.74, 6) is 0.360. The number of piperidine rings is 1. The Balaban J connectivity index is 1.40. The van der Waals surface area contributed by atoms with Gasteiger partial charge in [-0.2, -0.15) is 13.2 Å². The number of hydrogen-bond donors (Lipinski definition) is 1. The average Bonchev–Trinajstić information content (AvgIpc) is 3.18. The molecule has 10 heteroatoms. The number of anilines is 4. The van der Waals surface area contributed by atoms with E-state index < -0.39 is 12.1 Å². The van der Waals surface area contributed by atoms with Crippen LogP contribution in [0.2, 0.25) is 0 Å². The van der Waals surface area contributed by atoms with Crippen molar-refractivity contribution in [2.75, 3.05) is 46.2 Å². The molecular formula is C21H23F3N6O. The molecule has 2 bridgehead atoms. The van der Waals surface area contributed by atoms with Gasteiger partial charge in [0.1, 0.15) is 11.6 Å². The second-order valence-corrected chi connectivity index (χ2v) is 8.22. The van der Waals surface area contributed by atoms with Gasteiger partial charge >= 0.3 is 12.2 Å². The molecule has 0 radical (unpaired) electrons. The number of amides is 2. The minimum absolute atomic E-state index is 0.00470. The highest BCUT2D eigenvalue weighted by Crippen LogP contribution is 2.41. The van der Waals surface area contributed by atoms with Crippen LogP contribution in [0.4, 0.5) is 41.1 Å². The lowest BCUT2D eigenvalue weighted by Crippen LogP contribution is -2.48. The van der Waals surface area contributed by atoms with E-state index in [1.165, 1.54) is 0 Å². The van der Waals surface area contributed by atoms with E-state index in [1.807, 2.05) is 17.0 Å². The van der Waals surface area contributed by atoms with E-state index in [0.29, 0.717) is 30.5 Å². The van der Waals surface area contributed by atoms with Crippen LogP contribution in [0.1, 0.15) is 19.3 Å². The molecular weight excluding hydrogens is 409 g/mol. The zero-order valence-corrected chi connectivity index (χ0v) is 16.8. The van der Waals surface area contributed by atoms with Crippen LogP contribution in [0.5, 0.6) is 0 Å². The summed E-state index contributed by atoms with van der Waals surface area (Å²) in [7, 11) is 0. The summed E-state index contributed by atoms with van der Waals surface area (Å²) in [6, 6.07) is 8.76. The lowest BCUT2D eigenvalue weighted by Gasteiger charge is -2.38. The molecule has 2 aromatic rings. The highest BCUT2D eigenvalue weighted by atomic mass is 19.4. The predicted octanol–water partition coefficient (Wildman–Crippen LogP) is 3.89. The largest absolute Gasteiger partial charge is 0.391 e. The number of urea groups is 1. The zero-order chi connectivity index (χ0) is 21.6. The van der Waals surface area contributed by atoms with Crippen molar-refractivity contribution in [3.8, 4) is 0 Å². The first-order chi connectivity index (χ1) is 14.9. The zero-order valence-electron chi connectivity index (χ0n) is 16.8. The molecule has 0 aromatic carbocycles. The monoisotopic (exact) mass is 432 g/mol. The van der Waals surface area contributed by atoms with Crippen molar-refractivity contribution in [3.05, 3.63) is 36.5 Å². The first-order valence-corrected chi connectivity index (χ1v) is 10.5. The minimum atomic E-state index is -4.15. The molecule has 0 spiro atoms. The molecule has 1 N–H and O–H groups in total. The molecule has 0 saturated carbocycles. The van der Waals surface area contributed by atoms with E-state index in [9.17, 15) is 18.0 Å². The van der Waals surface area contributed by atoms with Gasteiger partial charge in [0.05, 0.1) is 17.6 Å². The summed E-state index contributed by atoms with van der Waals surface area (Å²) in [5, 5.41) is 2.84. The summed E-state index contributed by atoms with van der Waals surface area (Å²) in [5.41, 5.74) is 0.874. The smallest absolute Gasteiger partial charge is 0.366 e. The maximum absolute atomic E-state index is 13.1. The molecule has 164 valence electrons. The van der Waals surface area contributed by atoms with Crippen molar-refractivity contribution in [2.45, 2.75) is 31.5 Å². The number of nitrogens with zero attached hydrogens (tertiary/aromatic N) is 5. The molecule has 1 atom stereocenters. The first kappa shape index (κ1) is 19.9. The van der Waals surface area contributed by atoms with Crippen molar-refractivity contribution in [1.29, 1.82) is 0 Å². The fourth-order valence-electron chi connectivity index (χ4n) is 4.68. The second-order valence-electron chi connectivity index (χ2n) is 8.22. The minimum Gasteiger partial charge on any atom is -0.366 e. The van der Waals surface area contributed by atoms with Gasteiger partial charge in [-0.3, -0.25) is 10.2 Å². The molecule has 5 rings (SSSR count). The summed E-state index contributed by atoms with van der Waals surface area (Å²) < 4.78 is 39.0. The fraction of sp³-hybridized carbons (Fsp3) is 0.476. The third kappa shape index (κ3) is 3.75. The number of pyridine rings is 2. The molecule has 2 fully saturated rings. The van der Waals surface area contributed by atoms with E-state index in [1.54, 1.807) is 29.3 Å². The molecule has 2 amide bonds. The Morgan fingerprint density at radius 3 is 2.52 bits per heavy atom. The molecule has 31 heavy (non-hydrogen) atoms. The fourth-order valence-corrected chi connectivity index (χ4v) is 4.68. The summed E-state index contributed by atoms with van der Waals surface area (Å²) >= 11 is 0. The molecule has 5 heterocycles. The summed E-state index contributed by atoms with van der Waals surface area (Å²) in [4.78, 5) is 27.8. The predicted molar refractivity (Wildman–Crippen MR) is 112 cm³/mol. The third-order valence-electron chi connectivity index (χ3n) is 6.34. The molecule has 1 unspecified atom stereocenters. The Hall–Kier alpha value is -3.04. The number of aromatic nitrogens is 2. The normalized spacial score (nSPS) is 21.3. The van der Waals surface area contributed by atoms with Crippen LogP contribution in [0.25, 0.3) is 0 Å². The van der Waals surface area contributed by atoms with Gasteiger partial charge in [0, 0.05) is 32.4 Å². The number of carbonyl (C=O) groups is 1. The van der Waals surface area contributed by atoms with Gasteiger partial charge in [-0.1, -0.05) is 6.07 Å². The maximum Gasteiger partial charge on any atom is 0.391 e.